The van der Waals surface area contributed by atoms with Gasteiger partial charge in [0, 0.05) is 19.1 Å². The van der Waals surface area contributed by atoms with E-state index in [9.17, 15) is 21.9 Å². The Kier molecular flexibility index (Phi) is 5.47. The average Bonchev–Trinajstić information content (AvgIpc) is 2.70. The summed E-state index contributed by atoms with van der Waals surface area (Å²) in [5, 5.41) is 12.5. The van der Waals surface area contributed by atoms with Crippen molar-refractivity contribution in [2.75, 3.05) is 24.6 Å². The second-order valence-electron chi connectivity index (χ2n) is 5.87. The summed E-state index contributed by atoms with van der Waals surface area (Å²) < 4.78 is 49.8. The molecule has 1 saturated heterocycles. The molecule has 7 nitrogen and oxygen atoms in total. The van der Waals surface area contributed by atoms with Crippen LogP contribution in [0.25, 0.3) is 0 Å². The average molecular weight is 362 g/mol. The number of rotatable bonds is 6. The standard InChI is InChI=1S/C14H22N2O5S2/c1-10-3-4-11(2)14(7-10)23(20,21)16-6-5-15-12-8-22(18,19)9-13(12)17/h3-4,7,12-13,15-17H,5-6,8-9H2,1-2H3/t12-,13+/m1/s1. The number of sulfone groups is 1. The van der Waals surface area contributed by atoms with Gasteiger partial charge in [0.2, 0.25) is 10.0 Å². The molecule has 0 aliphatic carbocycles. The first-order chi connectivity index (χ1) is 10.6. The van der Waals surface area contributed by atoms with Crippen molar-refractivity contribution in [1.82, 2.24) is 10.0 Å². The predicted molar refractivity (Wildman–Crippen MR) is 87.6 cm³/mol. The summed E-state index contributed by atoms with van der Waals surface area (Å²) in [6.07, 6.45) is -0.948. The van der Waals surface area contributed by atoms with Gasteiger partial charge in [-0.25, -0.2) is 21.6 Å². The van der Waals surface area contributed by atoms with Gasteiger partial charge in [0.25, 0.3) is 0 Å². The summed E-state index contributed by atoms with van der Waals surface area (Å²) in [6, 6.07) is 4.66. The van der Waals surface area contributed by atoms with E-state index in [0.29, 0.717) is 5.56 Å². The van der Waals surface area contributed by atoms with Crippen molar-refractivity contribution < 1.29 is 21.9 Å². The molecule has 23 heavy (non-hydrogen) atoms. The Balaban J connectivity index is 1.90. The van der Waals surface area contributed by atoms with E-state index in [2.05, 4.69) is 10.0 Å². The summed E-state index contributed by atoms with van der Waals surface area (Å²) in [5.74, 6) is -0.378. The van der Waals surface area contributed by atoms with Gasteiger partial charge in [-0.1, -0.05) is 12.1 Å². The fourth-order valence-corrected chi connectivity index (χ4v) is 5.68. The smallest absolute Gasteiger partial charge is 0.240 e. The molecule has 0 unspecified atom stereocenters. The summed E-state index contributed by atoms with van der Waals surface area (Å²) in [5.41, 5.74) is 1.52. The third kappa shape index (κ3) is 4.74. The highest BCUT2D eigenvalue weighted by molar-refractivity contribution is 7.91. The second kappa shape index (κ2) is 6.86. The van der Waals surface area contributed by atoms with Gasteiger partial charge in [0.05, 0.1) is 22.5 Å². The lowest BCUT2D eigenvalue weighted by atomic mass is 10.2. The van der Waals surface area contributed by atoms with E-state index in [1.165, 1.54) is 0 Å². The summed E-state index contributed by atoms with van der Waals surface area (Å²) in [4.78, 5) is 0.237. The zero-order valence-electron chi connectivity index (χ0n) is 13.1. The number of hydrogen-bond donors (Lipinski definition) is 3. The van der Waals surface area contributed by atoms with E-state index < -0.39 is 32.0 Å². The number of aryl methyl sites for hydroxylation is 2. The molecule has 0 bridgehead atoms. The number of sulfonamides is 1. The largest absolute Gasteiger partial charge is 0.390 e. The van der Waals surface area contributed by atoms with Crippen molar-refractivity contribution in [2.24, 2.45) is 0 Å². The van der Waals surface area contributed by atoms with Crippen molar-refractivity contribution >= 4 is 19.9 Å². The highest BCUT2D eigenvalue weighted by Gasteiger charge is 2.35. The van der Waals surface area contributed by atoms with E-state index in [1.54, 1.807) is 19.1 Å². The van der Waals surface area contributed by atoms with Crippen molar-refractivity contribution in [3.8, 4) is 0 Å². The van der Waals surface area contributed by atoms with Crippen LogP contribution >= 0.6 is 0 Å². The van der Waals surface area contributed by atoms with Crippen molar-refractivity contribution in [1.29, 1.82) is 0 Å². The molecule has 1 aliphatic rings. The lowest BCUT2D eigenvalue weighted by Crippen LogP contribution is -2.42. The minimum absolute atomic E-state index is 0.110. The summed E-state index contributed by atoms with van der Waals surface area (Å²) in [7, 11) is -6.83. The molecule has 3 N–H and O–H groups in total. The molecule has 1 aromatic rings. The van der Waals surface area contributed by atoms with Crippen LogP contribution in [0.1, 0.15) is 11.1 Å². The Morgan fingerprint density at radius 1 is 1.22 bits per heavy atom. The molecule has 0 saturated carbocycles. The molecule has 0 aromatic heterocycles. The van der Waals surface area contributed by atoms with Crippen LogP contribution < -0.4 is 10.0 Å². The van der Waals surface area contributed by atoms with Crippen LogP contribution in [0.3, 0.4) is 0 Å². The van der Waals surface area contributed by atoms with E-state index in [0.717, 1.165) is 5.56 Å². The van der Waals surface area contributed by atoms with Crippen LogP contribution in [0.2, 0.25) is 0 Å². The lowest BCUT2D eigenvalue weighted by Gasteiger charge is -2.15. The van der Waals surface area contributed by atoms with Crippen LogP contribution in [-0.2, 0) is 19.9 Å². The van der Waals surface area contributed by atoms with Crippen LogP contribution in [0, 0.1) is 13.8 Å². The molecular weight excluding hydrogens is 340 g/mol. The number of nitrogens with one attached hydrogen (secondary N) is 2. The Labute approximate surface area is 137 Å². The third-order valence-corrected chi connectivity index (χ3v) is 7.10. The maximum atomic E-state index is 12.3. The number of hydrogen-bond acceptors (Lipinski definition) is 6. The van der Waals surface area contributed by atoms with Crippen LogP contribution in [0.4, 0.5) is 0 Å². The Morgan fingerprint density at radius 3 is 2.52 bits per heavy atom. The van der Waals surface area contributed by atoms with Gasteiger partial charge in [-0.05, 0) is 31.0 Å². The van der Waals surface area contributed by atoms with Gasteiger partial charge in [0.15, 0.2) is 9.84 Å². The molecule has 2 atom stereocenters. The quantitative estimate of drug-likeness (QED) is 0.579. The van der Waals surface area contributed by atoms with E-state index in [-0.39, 0.29) is 29.5 Å². The van der Waals surface area contributed by atoms with Crippen LogP contribution in [0.5, 0.6) is 0 Å². The topological polar surface area (TPSA) is 113 Å². The van der Waals surface area contributed by atoms with Gasteiger partial charge in [-0.2, -0.15) is 0 Å². The first kappa shape index (κ1) is 18.3. The van der Waals surface area contributed by atoms with Gasteiger partial charge < -0.3 is 10.4 Å². The number of aliphatic hydroxyl groups excluding tert-OH is 1. The molecule has 0 amide bonds. The zero-order chi connectivity index (χ0) is 17.3. The van der Waals surface area contributed by atoms with Crippen molar-refractivity contribution in [3.63, 3.8) is 0 Å². The third-order valence-electron chi connectivity index (χ3n) is 3.78. The Bertz CT molecular complexity index is 774. The highest BCUT2D eigenvalue weighted by atomic mass is 32.2. The fourth-order valence-electron chi connectivity index (χ4n) is 2.54. The molecular formula is C14H22N2O5S2. The maximum Gasteiger partial charge on any atom is 0.240 e. The second-order valence-corrected chi connectivity index (χ2v) is 9.76. The van der Waals surface area contributed by atoms with E-state index in [1.807, 2.05) is 13.0 Å². The molecule has 1 aromatic carbocycles. The van der Waals surface area contributed by atoms with Crippen LogP contribution in [-0.4, -0.2) is 58.7 Å². The Hall–Kier alpha value is -1.00. The summed E-state index contributed by atoms with van der Waals surface area (Å²) in [6.45, 7) is 3.90. The monoisotopic (exact) mass is 362 g/mol. The van der Waals surface area contributed by atoms with Gasteiger partial charge in [-0.3, -0.25) is 0 Å². The summed E-state index contributed by atoms with van der Waals surface area (Å²) >= 11 is 0. The number of aliphatic hydroxyl groups is 1. The molecule has 130 valence electrons. The highest BCUT2D eigenvalue weighted by Crippen LogP contribution is 2.16. The van der Waals surface area contributed by atoms with Gasteiger partial charge in [-0.15, -0.1) is 0 Å². The maximum absolute atomic E-state index is 12.3. The molecule has 1 fully saturated rings. The fraction of sp³-hybridized carbons (Fsp3) is 0.571. The number of benzene rings is 1. The molecule has 1 aliphatic heterocycles. The molecule has 9 heteroatoms. The van der Waals surface area contributed by atoms with E-state index >= 15 is 0 Å². The minimum Gasteiger partial charge on any atom is -0.390 e. The van der Waals surface area contributed by atoms with Crippen molar-refractivity contribution in [3.05, 3.63) is 29.3 Å². The van der Waals surface area contributed by atoms with Crippen LogP contribution in [0.15, 0.2) is 23.1 Å². The molecule has 0 radical (unpaired) electrons. The van der Waals surface area contributed by atoms with E-state index in [4.69, 9.17) is 0 Å². The normalized spacial score (nSPS) is 24.0. The zero-order valence-corrected chi connectivity index (χ0v) is 14.7. The molecule has 2 rings (SSSR count). The van der Waals surface area contributed by atoms with Gasteiger partial charge >= 0.3 is 0 Å². The first-order valence-corrected chi connectivity index (χ1v) is 10.6. The Morgan fingerprint density at radius 2 is 1.91 bits per heavy atom. The lowest BCUT2D eigenvalue weighted by molar-refractivity contribution is 0.166. The molecule has 1 heterocycles. The predicted octanol–water partition coefficient (Wildman–Crippen LogP) is -0.671. The van der Waals surface area contributed by atoms with Gasteiger partial charge in [0.1, 0.15) is 0 Å². The molecule has 0 spiro atoms. The SMILES string of the molecule is Cc1ccc(C)c(S(=O)(=O)NCCN[C@@H]2CS(=O)(=O)C[C@@H]2O)c1. The van der Waals surface area contributed by atoms with Crippen molar-refractivity contribution in [2.45, 2.75) is 30.9 Å². The minimum atomic E-state index is -3.62. The first-order valence-electron chi connectivity index (χ1n) is 7.29.